The fourth-order valence-corrected chi connectivity index (χ4v) is 4.68. The van der Waals surface area contributed by atoms with Gasteiger partial charge in [-0.3, -0.25) is 0 Å². The maximum atomic E-state index is 6.29. The molecule has 0 unspecified atom stereocenters. The number of anilines is 1. The SMILES string of the molecule is CCc1ccc(OC[C@@H]2c3cc(OC)c(OC)cc3CCN2C(=S)Nc2ccccc2C)cc1. The largest absolute Gasteiger partial charge is 0.493 e. The van der Waals surface area contributed by atoms with E-state index < -0.39 is 0 Å². The number of benzene rings is 3. The number of hydrogen-bond donors (Lipinski definition) is 1. The first-order valence-corrected chi connectivity index (χ1v) is 12.0. The van der Waals surface area contributed by atoms with Crippen LogP contribution in [0.3, 0.4) is 0 Å². The van der Waals surface area contributed by atoms with E-state index in [1.165, 1.54) is 11.1 Å². The van der Waals surface area contributed by atoms with Crippen LogP contribution < -0.4 is 19.5 Å². The third-order valence-electron chi connectivity index (χ3n) is 6.39. The lowest BCUT2D eigenvalue weighted by molar-refractivity contribution is 0.190. The lowest BCUT2D eigenvalue weighted by Crippen LogP contribution is -2.44. The lowest BCUT2D eigenvalue weighted by Gasteiger charge is -2.39. The van der Waals surface area contributed by atoms with Crippen LogP contribution in [-0.2, 0) is 12.8 Å². The van der Waals surface area contributed by atoms with Crippen LogP contribution in [0.25, 0.3) is 0 Å². The van der Waals surface area contributed by atoms with Gasteiger partial charge in [0, 0.05) is 12.2 Å². The van der Waals surface area contributed by atoms with Gasteiger partial charge in [-0.25, -0.2) is 0 Å². The zero-order valence-electron chi connectivity index (χ0n) is 20.3. The second-order valence-electron chi connectivity index (χ2n) is 8.42. The normalized spacial score (nSPS) is 14.8. The van der Waals surface area contributed by atoms with Crippen molar-refractivity contribution in [1.82, 2.24) is 4.90 Å². The van der Waals surface area contributed by atoms with Crippen LogP contribution in [-0.4, -0.2) is 37.4 Å². The first-order chi connectivity index (χ1) is 16.5. The van der Waals surface area contributed by atoms with E-state index in [1.54, 1.807) is 14.2 Å². The van der Waals surface area contributed by atoms with Gasteiger partial charge in [-0.1, -0.05) is 37.3 Å². The topological polar surface area (TPSA) is 43.0 Å². The summed E-state index contributed by atoms with van der Waals surface area (Å²) in [6.07, 6.45) is 1.86. The van der Waals surface area contributed by atoms with Crippen LogP contribution in [0.5, 0.6) is 17.2 Å². The van der Waals surface area contributed by atoms with E-state index in [4.69, 9.17) is 26.4 Å². The van der Waals surface area contributed by atoms with Crippen LogP contribution in [0, 0.1) is 6.92 Å². The van der Waals surface area contributed by atoms with Gasteiger partial charge < -0.3 is 24.4 Å². The van der Waals surface area contributed by atoms with E-state index >= 15 is 0 Å². The Hall–Kier alpha value is -3.25. The van der Waals surface area contributed by atoms with Crippen molar-refractivity contribution in [2.24, 2.45) is 0 Å². The summed E-state index contributed by atoms with van der Waals surface area (Å²) < 4.78 is 17.4. The van der Waals surface area contributed by atoms with Gasteiger partial charge in [-0.15, -0.1) is 0 Å². The Morgan fingerprint density at radius 1 is 1.03 bits per heavy atom. The minimum absolute atomic E-state index is 0.0709. The van der Waals surface area contributed by atoms with Gasteiger partial charge in [-0.2, -0.15) is 0 Å². The molecule has 0 saturated heterocycles. The molecule has 6 heteroatoms. The molecule has 34 heavy (non-hydrogen) atoms. The molecule has 3 aromatic rings. The zero-order valence-corrected chi connectivity index (χ0v) is 21.1. The Balaban J connectivity index is 1.64. The average molecular weight is 477 g/mol. The molecule has 0 saturated carbocycles. The third-order valence-corrected chi connectivity index (χ3v) is 6.73. The van der Waals surface area contributed by atoms with Crippen LogP contribution in [0.1, 0.15) is 35.2 Å². The first kappa shape index (κ1) is 23.9. The first-order valence-electron chi connectivity index (χ1n) is 11.6. The molecule has 0 aliphatic carbocycles. The van der Waals surface area contributed by atoms with Crippen molar-refractivity contribution in [2.45, 2.75) is 32.7 Å². The zero-order chi connectivity index (χ0) is 24.1. The van der Waals surface area contributed by atoms with Crippen LogP contribution >= 0.6 is 12.2 Å². The van der Waals surface area contributed by atoms with Crippen molar-refractivity contribution in [2.75, 3.05) is 32.7 Å². The van der Waals surface area contributed by atoms with E-state index in [0.29, 0.717) is 17.5 Å². The summed E-state index contributed by atoms with van der Waals surface area (Å²) in [6.45, 7) is 5.47. The average Bonchev–Trinajstić information content (AvgIpc) is 2.87. The van der Waals surface area contributed by atoms with Crippen molar-refractivity contribution in [3.8, 4) is 17.2 Å². The van der Waals surface area contributed by atoms with Crippen LogP contribution in [0.15, 0.2) is 60.7 Å². The van der Waals surface area contributed by atoms with Crippen molar-refractivity contribution in [3.05, 3.63) is 82.9 Å². The number of ether oxygens (including phenoxy) is 3. The van der Waals surface area contributed by atoms with Crippen LogP contribution in [0.4, 0.5) is 5.69 Å². The van der Waals surface area contributed by atoms with E-state index in [1.807, 2.05) is 30.3 Å². The summed E-state index contributed by atoms with van der Waals surface area (Å²) in [6, 6.07) is 20.5. The Morgan fingerprint density at radius 3 is 2.41 bits per heavy atom. The van der Waals surface area contributed by atoms with Gasteiger partial charge in [0.2, 0.25) is 0 Å². The molecule has 0 aromatic heterocycles. The fraction of sp³-hybridized carbons (Fsp3) is 0.321. The molecule has 1 aliphatic heterocycles. The number of thiocarbonyl (C=S) groups is 1. The van der Waals surface area contributed by atoms with Gasteiger partial charge in [0.25, 0.3) is 0 Å². The Bertz CT molecular complexity index is 1150. The van der Waals surface area contributed by atoms with Crippen molar-refractivity contribution in [3.63, 3.8) is 0 Å². The maximum absolute atomic E-state index is 6.29. The van der Waals surface area contributed by atoms with E-state index in [2.05, 4.69) is 54.4 Å². The number of rotatable bonds is 7. The van der Waals surface area contributed by atoms with Crippen LogP contribution in [0.2, 0.25) is 0 Å². The summed E-state index contributed by atoms with van der Waals surface area (Å²) >= 11 is 5.90. The van der Waals surface area contributed by atoms with Gasteiger partial charge in [0.05, 0.1) is 20.3 Å². The summed E-state index contributed by atoms with van der Waals surface area (Å²) in [4.78, 5) is 2.22. The predicted octanol–water partition coefficient (Wildman–Crippen LogP) is 5.95. The van der Waals surface area contributed by atoms with Crippen molar-refractivity contribution < 1.29 is 14.2 Å². The summed E-state index contributed by atoms with van der Waals surface area (Å²) in [5.74, 6) is 2.30. The second-order valence-corrected chi connectivity index (χ2v) is 8.81. The molecule has 1 atom stereocenters. The quantitative estimate of drug-likeness (QED) is 0.425. The molecule has 0 amide bonds. The number of methoxy groups -OCH3 is 2. The number of hydrogen-bond acceptors (Lipinski definition) is 4. The third kappa shape index (κ3) is 5.12. The molecule has 5 nitrogen and oxygen atoms in total. The number of fused-ring (bicyclic) bond motifs is 1. The molecule has 3 aromatic carbocycles. The molecule has 178 valence electrons. The van der Waals surface area contributed by atoms with E-state index in [9.17, 15) is 0 Å². The lowest BCUT2D eigenvalue weighted by atomic mass is 9.92. The summed E-state index contributed by atoms with van der Waals surface area (Å²) in [7, 11) is 3.33. The summed E-state index contributed by atoms with van der Waals surface area (Å²) in [5, 5.41) is 4.14. The number of para-hydroxylation sites is 1. The predicted molar refractivity (Wildman–Crippen MR) is 141 cm³/mol. The minimum atomic E-state index is -0.0709. The summed E-state index contributed by atoms with van der Waals surface area (Å²) in [5.41, 5.74) is 5.82. The maximum Gasteiger partial charge on any atom is 0.174 e. The highest BCUT2D eigenvalue weighted by Gasteiger charge is 2.31. The molecule has 0 bridgehead atoms. The second kappa shape index (κ2) is 10.8. The Morgan fingerprint density at radius 2 is 1.74 bits per heavy atom. The number of nitrogens with one attached hydrogen (secondary N) is 1. The fourth-order valence-electron chi connectivity index (χ4n) is 4.35. The minimum Gasteiger partial charge on any atom is -0.493 e. The highest BCUT2D eigenvalue weighted by molar-refractivity contribution is 7.80. The van der Waals surface area contributed by atoms with Gasteiger partial charge >= 0.3 is 0 Å². The monoisotopic (exact) mass is 476 g/mol. The van der Waals surface area contributed by atoms with E-state index in [0.717, 1.165) is 47.7 Å². The van der Waals surface area contributed by atoms with Crippen molar-refractivity contribution in [1.29, 1.82) is 0 Å². The molecule has 1 aliphatic rings. The van der Waals surface area contributed by atoms with Gasteiger partial charge in [-0.05, 0) is 84.6 Å². The van der Waals surface area contributed by atoms with Gasteiger partial charge in [0.1, 0.15) is 12.4 Å². The molecule has 4 rings (SSSR count). The molecule has 0 fully saturated rings. The molecule has 1 heterocycles. The van der Waals surface area contributed by atoms with E-state index in [-0.39, 0.29) is 6.04 Å². The van der Waals surface area contributed by atoms with Crippen molar-refractivity contribution >= 4 is 23.0 Å². The highest BCUT2D eigenvalue weighted by atomic mass is 32.1. The Kier molecular flexibility index (Phi) is 7.58. The standard InChI is InChI=1S/C28H32N2O3S/c1-5-20-10-12-22(13-11-20)33-18-25-23-17-27(32-4)26(31-3)16-21(23)14-15-30(25)28(34)29-24-9-7-6-8-19(24)2/h6-13,16-17,25H,5,14-15,18H2,1-4H3,(H,29,34)/t25-/m1/s1. The van der Waals surface area contributed by atoms with Gasteiger partial charge in [0.15, 0.2) is 16.6 Å². The Labute approximate surface area is 207 Å². The molecule has 0 spiro atoms. The number of nitrogens with zero attached hydrogens (tertiary/aromatic N) is 1. The molecule has 0 radical (unpaired) electrons. The molecular weight excluding hydrogens is 444 g/mol. The molecule has 1 N–H and O–H groups in total. The highest BCUT2D eigenvalue weighted by Crippen LogP contribution is 2.38. The molecular formula is C28H32N2O3S. The smallest absolute Gasteiger partial charge is 0.174 e. The number of aryl methyl sites for hydroxylation is 2.